The van der Waals surface area contributed by atoms with Crippen LogP contribution in [0.3, 0.4) is 0 Å². The molecule has 1 amide bonds. The molecule has 10 nitrogen and oxygen atoms in total. The minimum atomic E-state index is -3.55. The lowest BCUT2D eigenvalue weighted by Gasteiger charge is -2.28. The Bertz CT molecular complexity index is 1420. The zero-order valence-corrected chi connectivity index (χ0v) is 25.3. The van der Waals surface area contributed by atoms with Crippen LogP contribution in [0.4, 0.5) is 16.6 Å². The number of aromatic nitrogens is 2. The molecule has 0 unspecified atom stereocenters. The summed E-state index contributed by atoms with van der Waals surface area (Å²) in [4.78, 5) is 21.5. The monoisotopic (exact) mass is 602 g/mol. The molecule has 3 aromatic rings. The third kappa shape index (κ3) is 9.44. The van der Waals surface area contributed by atoms with Gasteiger partial charge in [0, 0.05) is 36.6 Å². The van der Waals surface area contributed by atoms with E-state index in [0.717, 1.165) is 43.1 Å². The molecule has 0 radical (unpaired) electrons. The second-order valence-electron chi connectivity index (χ2n) is 11.3. The average Bonchev–Trinajstić information content (AvgIpc) is 2.93. The molecule has 0 spiro atoms. The molecule has 1 heterocycles. The highest BCUT2D eigenvalue weighted by atomic mass is 35.5. The third-order valence-corrected chi connectivity index (χ3v) is 8.58. The maximum atomic E-state index is 12.6. The van der Waals surface area contributed by atoms with E-state index in [0.29, 0.717) is 48.3 Å². The standard InChI is InChI=1S/C29H39ClN6O4S/c1-29(2,3)40-28(37)32-17-16-31-26-24-6-4-5-7-25(24)35-27(36-26)33-18-20-8-10-21(11-9-20)19-34-41(38,39)23-14-12-22(30)13-15-23/h4-7,12-15,20-21,34H,8-11,16-19H2,1-3H3,(H,32,37)(H2,31,33,35,36)/t20-,21-. The molecule has 4 N–H and O–H groups in total. The van der Waals surface area contributed by atoms with E-state index in [1.54, 1.807) is 12.1 Å². The van der Waals surface area contributed by atoms with Crippen molar-refractivity contribution < 1.29 is 17.9 Å². The molecule has 0 bridgehead atoms. The summed E-state index contributed by atoms with van der Waals surface area (Å²) in [6.07, 6.45) is 3.43. The van der Waals surface area contributed by atoms with Gasteiger partial charge in [-0.25, -0.2) is 22.9 Å². The predicted octanol–water partition coefficient (Wildman–Crippen LogP) is 5.42. The van der Waals surface area contributed by atoms with E-state index in [1.807, 2.05) is 45.0 Å². The van der Waals surface area contributed by atoms with Crippen LogP contribution < -0.4 is 20.7 Å². The van der Waals surface area contributed by atoms with Crippen LogP contribution in [0.5, 0.6) is 0 Å². The lowest BCUT2D eigenvalue weighted by molar-refractivity contribution is 0.0530. The number of hydrogen-bond donors (Lipinski definition) is 4. The van der Waals surface area contributed by atoms with Gasteiger partial charge in [0.15, 0.2) is 0 Å². The summed E-state index contributed by atoms with van der Waals surface area (Å²) in [5.74, 6) is 1.99. The number of nitrogens with zero attached hydrogens (tertiary/aromatic N) is 2. The Morgan fingerprint density at radius 1 is 0.927 bits per heavy atom. The Labute approximate surface area is 247 Å². The van der Waals surface area contributed by atoms with E-state index in [4.69, 9.17) is 21.3 Å². The fraction of sp³-hybridized carbons (Fsp3) is 0.483. The molecule has 1 fully saturated rings. The quantitative estimate of drug-likeness (QED) is 0.214. The first kappa shape index (κ1) is 30.8. The molecule has 222 valence electrons. The van der Waals surface area contributed by atoms with Crippen molar-refractivity contribution in [3.05, 3.63) is 53.6 Å². The molecule has 4 rings (SSSR count). The number of carbonyl (C=O) groups is 1. The maximum absolute atomic E-state index is 12.6. The number of alkyl carbamates (subject to hydrolysis) is 1. The number of hydrogen-bond acceptors (Lipinski definition) is 8. The van der Waals surface area contributed by atoms with Crippen molar-refractivity contribution in [1.82, 2.24) is 20.0 Å². The van der Waals surface area contributed by atoms with Crippen molar-refractivity contribution >= 4 is 50.4 Å². The summed E-state index contributed by atoms with van der Waals surface area (Å²) in [6.45, 7) is 7.50. The van der Waals surface area contributed by atoms with Gasteiger partial charge in [0.25, 0.3) is 0 Å². The number of ether oxygens (including phenoxy) is 1. The van der Waals surface area contributed by atoms with Gasteiger partial charge >= 0.3 is 6.09 Å². The number of sulfonamides is 1. The number of halogens is 1. The van der Waals surface area contributed by atoms with E-state index in [2.05, 4.69) is 25.7 Å². The van der Waals surface area contributed by atoms with Gasteiger partial charge in [-0.05, 0) is 94.7 Å². The number of carbonyl (C=O) groups excluding carboxylic acids is 1. The van der Waals surface area contributed by atoms with Gasteiger partial charge in [0.2, 0.25) is 16.0 Å². The van der Waals surface area contributed by atoms with Crippen LogP contribution in [0.1, 0.15) is 46.5 Å². The minimum Gasteiger partial charge on any atom is -0.444 e. The van der Waals surface area contributed by atoms with E-state index in [-0.39, 0.29) is 4.90 Å². The van der Waals surface area contributed by atoms with Crippen molar-refractivity contribution in [3.8, 4) is 0 Å². The second kappa shape index (κ2) is 13.7. The fourth-order valence-corrected chi connectivity index (χ4v) is 5.99. The second-order valence-corrected chi connectivity index (χ2v) is 13.5. The zero-order valence-electron chi connectivity index (χ0n) is 23.7. The Morgan fingerprint density at radius 2 is 1.59 bits per heavy atom. The van der Waals surface area contributed by atoms with Crippen molar-refractivity contribution in [2.24, 2.45) is 11.8 Å². The first-order valence-electron chi connectivity index (χ1n) is 13.9. The van der Waals surface area contributed by atoms with Gasteiger partial charge in [-0.1, -0.05) is 23.7 Å². The highest BCUT2D eigenvalue weighted by Crippen LogP contribution is 2.29. The summed E-state index contributed by atoms with van der Waals surface area (Å²) in [6, 6.07) is 14.0. The normalized spacial score (nSPS) is 17.7. The van der Waals surface area contributed by atoms with E-state index < -0.39 is 21.7 Å². The van der Waals surface area contributed by atoms with Crippen molar-refractivity contribution in [2.75, 3.05) is 36.8 Å². The summed E-state index contributed by atoms with van der Waals surface area (Å²) in [7, 11) is -3.55. The SMILES string of the molecule is CC(C)(C)OC(=O)NCCNc1nc(NC[C@H]2CC[C@H](CNS(=O)(=O)c3ccc(Cl)cc3)CC2)nc2ccccc12. The summed E-state index contributed by atoms with van der Waals surface area (Å²) >= 11 is 5.88. The maximum Gasteiger partial charge on any atom is 0.407 e. The van der Waals surface area contributed by atoms with Crippen molar-refractivity contribution in [1.29, 1.82) is 0 Å². The largest absolute Gasteiger partial charge is 0.444 e. The number of amides is 1. The molecule has 0 atom stereocenters. The number of fused-ring (bicyclic) bond motifs is 1. The molecule has 1 aromatic heterocycles. The van der Waals surface area contributed by atoms with Crippen molar-refractivity contribution in [2.45, 2.75) is 57.0 Å². The van der Waals surface area contributed by atoms with Crippen LogP contribution in [-0.2, 0) is 14.8 Å². The topological polar surface area (TPSA) is 134 Å². The molecule has 1 aliphatic carbocycles. The summed E-state index contributed by atoms with van der Waals surface area (Å²) < 4.78 is 33.2. The van der Waals surface area contributed by atoms with E-state index in [1.165, 1.54) is 12.1 Å². The van der Waals surface area contributed by atoms with Crippen LogP contribution >= 0.6 is 11.6 Å². The van der Waals surface area contributed by atoms with Gasteiger partial charge in [-0.3, -0.25) is 0 Å². The highest BCUT2D eigenvalue weighted by Gasteiger charge is 2.24. The lowest BCUT2D eigenvalue weighted by atomic mass is 9.82. The third-order valence-electron chi connectivity index (χ3n) is 6.89. The van der Waals surface area contributed by atoms with Crippen LogP contribution in [0.2, 0.25) is 5.02 Å². The highest BCUT2D eigenvalue weighted by molar-refractivity contribution is 7.89. The van der Waals surface area contributed by atoms with Crippen LogP contribution in [-0.4, -0.2) is 56.3 Å². The average molecular weight is 603 g/mol. The number of para-hydroxylation sites is 1. The van der Waals surface area contributed by atoms with Crippen LogP contribution in [0, 0.1) is 11.8 Å². The molecule has 12 heteroatoms. The Morgan fingerprint density at radius 3 is 2.27 bits per heavy atom. The first-order chi connectivity index (χ1) is 19.5. The van der Waals surface area contributed by atoms with E-state index >= 15 is 0 Å². The fourth-order valence-electron chi connectivity index (χ4n) is 4.75. The smallest absolute Gasteiger partial charge is 0.407 e. The van der Waals surface area contributed by atoms with Gasteiger partial charge in [0.1, 0.15) is 11.4 Å². The number of anilines is 2. The molecule has 0 saturated heterocycles. The summed E-state index contributed by atoms with van der Waals surface area (Å²) in [5.41, 5.74) is 0.277. The lowest BCUT2D eigenvalue weighted by Crippen LogP contribution is -2.35. The molecular formula is C29H39ClN6O4S. The first-order valence-corrected chi connectivity index (χ1v) is 15.8. The minimum absolute atomic E-state index is 0.225. The number of rotatable bonds is 11. The van der Waals surface area contributed by atoms with E-state index in [9.17, 15) is 13.2 Å². The Kier molecular flexibility index (Phi) is 10.3. The van der Waals surface area contributed by atoms with Crippen LogP contribution in [0.25, 0.3) is 10.9 Å². The van der Waals surface area contributed by atoms with Crippen molar-refractivity contribution in [3.63, 3.8) is 0 Å². The van der Waals surface area contributed by atoms with Gasteiger partial charge in [-0.2, -0.15) is 4.98 Å². The molecule has 2 aromatic carbocycles. The molecule has 1 saturated carbocycles. The van der Waals surface area contributed by atoms with Crippen LogP contribution in [0.15, 0.2) is 53.4 Å². The van der Waals surface area contributed by atoms with Gasteiger partial charge < -0.3 is 20.7 Å². The number of benzene rings is 2. The zero-order chi connectivity index (χ0) is 29.5. The Hall–Kier alpha value is -3.15. The predicted molar refractivity (Wildman–Crippen MR) is 163 cm³/mol. The molecule has 1 aliphatic rings. The summed E-state index contributed by atoms with van der Waals surface area (Å²) in [5, 5.41) is 10.9. The Balaban J connectivity index is 1.25. The van der Waals surface area contributed by atoms with Gasteiger partial charge in [-0.15, -0.1) is 0 Å². The molecular weight excluding hydrogens is 564 g/mol. The number of nitrogens with one attached hydrogen (secondary N) is 4. The van der Waals surface area contributed by atoms with Gasteiger partial charge in [0.05, 0.1) is 10.4 Å². The molecule has 41 heavy (non-hydrogen) atoms. The molecule has 0 aliphatic heterocycles.